The molecule has 2 heterocycles. The highest BCUT2D eigenvalue weighted by Gasteiger charge is 2.41. The molecule has 0 radical (unpaired) electrons. The molecule has 1 aromatic rings. The molecule has 1 aliphatic rings. The summed E-state index contributed by atoms with van der Waals surface area (Å²) in [6, 6.07) is -1.33. The maximum absolute atomic E-state index is 12.3. The van der Waals surface area contributed by atoms with Gasteiger partial charge >= 0.3 is 5.97 Å². The van der Waals surface area contributed by atoms with Gasteiger partial charge in [-0.3, -0.25) is 9.59 Å². The van der Waals surface area contributed by atoms with E-state index in [1.54, 1.807) is 6.92 Å². The largest absolute Gasteiger partial charge is 0.480 e. The number of carbonyl (C=O) groups is 2. The number of rotatable bonds is 3. The summed E-state index contributed by atoms with van der Waals surface area (Å²) in [7, 11) is -4.09. The van der Waals surface area contributed by atoms with Crippen molar-refractivity contribution in [2.24, 2.45) is 0 Å². The molecule has 0 aliphatic carbocycles. The topological polar surface area (TPSA) is 132 Å². The summed E-state index contributed by atoms with van der Waals surface area (Å²) in [5.41, 5.74) is 0. The lowest BCUT2D eigenvalue weighted by molar-refractivity contribution is -0.143. The molecule has 3 N–H and O–H groups in total. The van der Waals surface area contributed by atoms with Crippen LogP contribution in [0.1, 0.15) is 5.82 Å². The van der Waals surface area contributed by atoms with Gasteiger partial charge in [-0.05, 0) is 6.92 Å². The standard InChI is InChI=1S/C9H12N4O5S/c1-5-10-3-8(12-5)19(17,18)13-4-7(14)11-2-6(13)9(15)16/h3,6H,2,4H2,1H3,(H,10,12)(H,11,14)(H,15,16). The van der Waals surface area contributed by atoms with Crippen LogP contribution in [0.3, 0.4) is 0 Å². The normalized spacial score (nSPS) is 21.1. The van der Waals surface area contributed by atoms with Crippen LogP contribution >= 0.6 is 0 Å². The fourth-order valence-electron chi connectivity index (χ4n) is 1.74. The van der Waals surface area contributed by atoms with Gasteiger partial charge in [0.15, 0.2) is 5.03 Å². The summed E-state index contributed by atoms with van der Waals surface area (Å²) in [5.74, 6) is -1.48. The number of nitrogens with one attached hydrogen (secondary N) is 2. The maximum Gasteiger partial charge on any atom is 0.323 e. The molecule has 1 atom stereocenters. The fraction of sp³-hybridized carbons (Fsp3) is 0.444. The summed E-state index contributed by atoms with van der Waals surface area (Å²) in [6.07, 6.45) is 1.09. The number of hydrogen-bond donors (Lipinski definition) is 3. The van der Waals surface area contributed by atoms with Gasteiger partial charge in [0.05, 0.1) is 12.7 Å². The van der Waals surface area contributed by atoms with Crippen molar-refractivity contribution in [1.82, 2.24) is 19.6 Å². The summed E-state index contributed by atoms with van der Waals surface area (Å²) >= 11 is 0. The van der Waals surface area contributed by atoms with Crippen LogP contribution in [0.25, 0.3) is 0 Å². The Labute approximate surface area is 108 Å². The number of H-pyrrole nitrogens is 1. The number of imidazole rings is 1. The van der Waals surface area contributed by atoms with Gasteiger partial charge in [0.2, 0.25) is 5.91 Å². The van der Waals surface area contributed by atoms with Crippen LogP contribution in [-0.4, -0.2) is 58.8 Å². The van der Waals surface area contributed by atoms with Gasteiger partial charge in [0.1, 0.15) is 11.9 Å². The fourth-order valence-corrected chi connectivity index (χ4v) is 3.24. The zero-order valence-corrected chi connectivity index (χ0v) is 10.8. The van der Waals surface area contributed by atoms with E-state index in [9.17, 15) is 18.0 Å². The second-order valence-corrected chi connectivity index (χ2v) is 5.90. The monoisotopic (exact) mass is 288 g/mol. The van der Waals surface area contributed by atoms with Crippen LogP contribution in [0.15, 0.2) is 11.2 Å². The Morgan fingerprint density at radius 3 is 2.79 bits per heavy atom. The molecule has 10 heteroatoms. The minimum Gasteiger partial charge on any atom is -0.480 e. The van der Waals surface area contributed by atoms with Crippen LogP contribution in [0.2, 0.25) is 0 Å². The van der Waals surface area contributed by atoms with Crippen molar-refractivity contribution in [2.75, 3.05) is 13.1 Å². The Balaban J connectivity index is 2.41. The molecule has 1 unspecified atom stereocenters. The number of aromatic amines is 1. The number of sulfonamides is 1. The zero-order valence-electron chi connectivity index (χ0n) is 9.95. The Bertz CT molecular complexity index is 622. The van der Waals surface area contributed by atoms with Gasteiger partial charge in [0.25, 0.3) is 10.0 Å². The Hall–Kier alpha value is -1.94. The van der Waals surface area contributed by atoms with Crippen molar-refractivity contribution in [3.8, 4) is 0 Å². The number of aromatic nitrogens is 2. The first-order valence-electron chi connectivity index (χ1n) is 5.35. The highest BCUT2D eigenvalue weighted by atomic mass is 32.2. The highest BCUT2D eigenvalue weighted by Crippen LogP contribution is 2.18. The lowest BCUT2D eigenvalue weighted by Gasteiger charge is -2.31. The summed E-state index contributed by atoms with van der Waals surface area (Å²) in [6.45, 7) is 0.772. The van der Waals surface area contributed by atoms with Crippen LogP contribution in [0.5, 0.6) is 0 Å². The molecular formula is C9H12N4O5S. The molecular weight excluding hydrogens is 276 g/mol. The van der Waals surface area contributed by atoms with Gasteiger partial charge < -0.3 is 15.4 Å². The second kappa shape index (κ2) is 4.63. The maximum atomic E-state index is 12.3. The first-order chi connectivity index (χ1) is 8.82. The Morgan fingerprint density at radius 1 is 1.58 bits per heavy atom. The van der Waals surface area contributed by atoms with E-state index in [2.05, 4.69) is 15.3 Å². The zero-order chi connectivity index (χ0) is 14.2. The average Bonchev–Trinajstić information content (AvgIpc) is 2.76. The highest BCUT2D eigenvalue weighted by molar-refractivity contribution is 7.89. The smallest absolute Gasteiger partial charge is 0.323 e. The van der Waals surface area contributed by atoms with Crippen LogP contribution in [0, 0.1) is 6.92 Å². The first kappa shape index (κ1) is 13.5. The van der Waals surface area contributed by atoms with Crippen molar-refractivity contribution >= 4 is 21.9 Å². The second-order valence-electron chi connectivity index (χ2n) is 4.04. The number of amides is 1. The molecule has 1 aliphatic heterocycles. The predicted octanol–water partition coefficient (Wildman–Crippen LogP) is -1.71. The quantitative estimate of drug-likeness (QED) is 0.606. The number of hydrogen-bond acceptors (Lipinski definition) is 5. The molecule has 0 saturated carbocycles. The molecule has 1 saturated heterocycles. The predicted molar refractivity (Wildman–Crippen MR) is 61.7 cm³/mol. The number of aliphatic carboxylic acids is 1. The molecule has 19 heavy (non-hydrogen) atoms. The SMILES string of the molecule is Cc1ncc(S(=O)(=O)N2CC(=O)NCC2C(=O)O)[nH]1. The molecule has 104 valence electrons. The lowest BCUT2D eigenvalue weighted by Crippen LogP contribution is -2.59. The van der Waals surface area contributed by atoms with Gasteiger partial charge in [-0.25, -0.2) is 13.4 Å². The molecule has 0 aromatic carbocycles. The average molecular weight is 288 g/mol. The van der Waals surface area contributed by atoms with Crippen molar-refractivity contribution in [3.63, 3.8) is 0 Å². The van der Waals surface area contributed by atoms with E-state index in [1.165, 1.54) is 0 Å². The number of carboxylic acid groups (broad SMARTS) is 1. The van der Waals surface area contributed by atoms with Crippen LogP contribution < -0.4 is 5.32 Å². The van der Waals surface area contributed by atoms with Crippen LogP contribution in [-0.2, 0) is 19.6 Å². The van der Waals surface area contributed by atoms with Crippen LogP contribution in [0.4, 0.5) is 0 Å². The van der Waals surface area contributed by atoms with Gasteiger partial charge in [-0.2, -0.15) is 4.31 Å². The number of carbonyl (C=O) groups excluding carboxylic acids is 1. The van der Waals surface area contributed by atoms with E-state index in [-0.39, 0.29) is 11.6 Å². The lowest BCUT2D eigenvalue weighted by atomic mass is 10.2. The number of aryl methyl sites for hydroxylation is 1. The molecule has 0 spiro atoms. The van der Waals surface area contributed by atoms with Crippen molar-refractivity contribution in [1.29, 1.82) is 0 Å². The summed E-state index contributed by atoms with van der Waals surface area (Å²) in [5, 5.41) is 11.1. The van der Waals surface area contributed by atoms with E-state index < -0.39 is 34.5 Å². The molecule has 1 fully saturated rings. The minimum atomic E-state index is -4.09. The van der Waals surface area contributed by atoms with Crippen molar-refractivity contribution < 1.29 is 23.1 Å². The van der Waals surface area contributed by atoms with Gasteiger partial charge in [-0.1, -0.05) is 0 Å². The molecule has 0 bridgehead atoms. The third-order valence-corrected chi connectivity index (χ3v) is 4.46. The Kier molecular flexibility index (Phi) is 3.28. The van der Waals surface area contributed by atoms with Gasteiger partial charge in [-0.15, -0.1) is 0 Å². The van der Waals surface area contributed by atoms with E-state index in [0.717, 1.165) is 6.20 Å². The third-order valence-electron chi connectivity index (χ3n) is 2.69. The summed E-state index contributed by atoms with van der Waals surface area (Å²) in [4.78, 5) is 28.6. The van der Waals surface area contributed by atoms with E-state index in [4.69, 9.17) is 5.11 Å². The van der Waals surface area contributed by atoms with E-state index in [0.29, 0.717) is 10.1 Å². The molecule has 1 aromatic heterocycles. The van der Waals surface area contributed by atoms with Crippen molar-refractivity contribution in [2.45, 2.75) is 18.0 Å². The van der Waals surface area contributed by atoms with Gasteiger partial charge in [0, 0.05) is 6.54 Å². The third kappa shape index (κ3) is 2.44. The number of carboxylic acids is 1. The first-order valence-corrected chi connectivity index (χ1v) is 6.79. The molecule has 9 nitrogen and oxygen atoms in total. The minimum absolute atomic E-state index is 0.231. The van der Waals surface area contributed by atoms with E-state index in [1.807, 2.05) is 0 Å². The number of piperazine rings is 1. The van der Waals surface area contributed by atoms with Crippen molar-refractivity contribution in [3.05, 3.63) is 12.0 Å². The molecule has 1 amide bonds. The number of nitrogens with zero attached hydrogens (tertiary/aromatic N) is 2. The van der Waals surface area contributed by atoms with E-state index >= 15 is 0 Å². The Morgan fingerprint density at radius 2 is 2.26 bits per heavy atom. The summed E-state index contributed by atoms with van der Waals surface area (Å²) < 4.78 is 25.2. The molecule has 2 rings (SSSR count).